The van der Waals surface area contributed by atoms with E-state index >= 15 is 0 Å². The van der Waals surface area contributed by atoms with Crippen molar-refractivity contribution in [3.63, 3.8) is 0 Å². The fourth-order valence-electron chi connectivity index (χ4n) is 2.19. The van der Waals surface area contributed by atoms with Gasteiger partial charge in [-0.05, 0) is 6.92 Å². The van der Waals surface area contributed by atoms with Crippen LogP contribution in [0.25, 0.3) is 11.4 Å². The van der Waals surface area contributed by atoms with Gasteiger partial charge in [0, 0.05) is 18.7 Å². The van der Waals surface area contributed by atoms with Gasteiger partial charge in [-0.3, -0.25) is 4.74 Å². The molecule has 0 N–H and O–H groups in total. The molecular weight excluding hydrogens is 384 g/mol. The highest BCUT2D eigenvalue weighted by atomic mass is 19.3. The monoisotopic (exact) mass is 402 g/mol. The summed E-state index contributed by atoms with van der Waals surface area (Å²) in [4.78, 5) is 20.3. The molecule has 0 spiro atoms. The Hall–Kier alpha value is -2.59. The summed E-state index contributed by atoms with van der Waals surface area (Å²) in [5.41, 5.74) is 0.524. The number of esters is 1. The summed E-state index contributed by atoms with van der Waals surface area (Å²) < 4.78 is 65.1. The van der Waals surface area contributed by atoms with Crippen LogP contribution in [0.15, 0.2) is 36.5 Å². The van der Waals surface area contributed by atoms with Crippen LogP contribution in [0, 0.1) is 0 Å². The topological polar surface area (TPSA) is 70.5 Å². The van der Waals surface area contributed by atoms with E-state index in [2.05, 4.69) is 14.7 Å². The zero-order valence-corrected chi connectivity index (χ0v) is 15.1. The zero-order valence-electron chi connectivity index (χ0n) is 15.1. The third-order valence-corrected chi connectivity index (χ3v) is 3.23. The maximum Gasteiger partial charge on any atom is 0.383 e. The lowest BCUT2D eigenvalue weighted by Crippen LogP contribution is -2.35. The Bertz CT molecular complexity index is 798. The molecule has 0 fully saturated rings. The molecule has 6 nitrogen and oxygen atoms in total. The third kappa shape index (κ3) is 6.54. The molecule has 1 aromatic carbocycles. The Morgan fingerprint density at radius 3 is 2.43 bits per heavy atom. The number of halogens is 4. The number of hydrogen-bond acceptors (Lipinski definition) is 6. The van der Waals surface area contributed by atoms with Crippen LogP contribution in [-0.4, -0.2) is 41.4 Å². The summed E-state index contributed by atoms with van der Waals surface area (Å²) in [6.07, 6.45) is -7.06. The fraction of sp³-hybridized carbons (Fsp3) is 0.389. The Morgan fingerprint density at radius 1 is 1.14 bits per heavy atom. The third-order valence-electron chi connectivity index (χ3n) is 3.23. The van der Waals surface area contributed by atoms with Gasteiger partial charge in [0.1, 0.15) is 12.2 Å². The normalized spacial score (nSPS) is 12.1. The summed E-state index contributed by atoms with van der Waals surface area (Å²) in [5.74, 6) is -0.529. The van der Waals surface area contributed by atoms with Crippen LogP contribution in [0.3, 0.4) is 0 Å². The Labute approximate surface area is 158 Å². The predicted octanol–water partition coefficient (Wildman–Crippen LogP) is 4.06. The minimum atomic E-state index is -4.22. The van der Waals surface area contributed by atoms with E-state index in [1.54, 1.807) is 37.3 Å². The molecule has 152 valence electrons. The smallest absolute Gasteiger partial charge is 0.383 e. The molecule has 0 amide bonds. The van der Waals surface area contributed by atoms with Crippen molar-refractivity contribution >= 4 is 5.97 Å². The molecule has 1 heterocycles. The standard InChI is InChI=1S/C18H18F4N2O4/c1-3-27-16(25)13-9-23-15(12-7-5-4-6-8-12)24-14(13)10-26-11-18(21,22)28-17(2,19)20/h4-9H,3,10-11H2,1-2H3. The highest BCUT2D eigenvalue weighted by molar-refractivity contribution is 5.90. The van der Waals surface area contributed by atoms with E-state index in [1.807, 2.05) is 0 Å². The van der Waals surface area contributed by atoms with Crippen molar-refractivity contribution in [2.24, 2.45) is 0 Å². The molecule has 0 aliphatic rings. The van der Waals surface area contributed by atoms with Crippen molar-refractivity contribution in [3.8, 4) is 11.4 Å². The minimum Gasteiger partial charge on any atom is -0.462 e. The van der Waals surface area contributed by atoms with Gasteiger partial charge in [0.2, 0.25) is 0 Å². The number of aromatic nitrogens is 2. The van der Waals surface area contributed by atoms with E-state index < -0.39 is 31.4 Å². The quantitative estimate of drug-likeness (QED) is 0.465. The second kappa shape index (κ2) is 9.07. The number of hydrogen-bond donors (Lipinski definition) is 0. The van der Waals surface area contributed by atoms with Crippen LogP contribution in [0.5, 0.6) is 0 Å². The summed E-state index contributed by atoms with van der Waals surface area (Å²) in [6, 6.07) is 8.71. The number of nitrogens with zero attached hydrogens (tertiary/aromatic N) is 2. The molecular formula is C18H18F4N2O4. The summed E-state index contributed by atoms with van der Waals surface area (Å²) in [5, 5.41) is 0. The Morgan fingerprint density at radius 2 is 1.82 bits per heavy atom. The highest BCUT2D eigenvalue weighted by Gasteiger charge is 2.41. The van der Waals surface area contributed by atoms with Crippen molar-refractivity contribution in [1.82, 2.24) is 9.97 Å². The molecule has 0 unspecified atom stereocenters. The first-order valence-electron chi connectivity index (χ1n) is 8.23. The predicted molar refractivity (Wildman–Crippen MR) is 89.7 cm³/mol. The van der Waals surface area contributed by atoms with Crippen LogP contribution in [0.4, 0.5) is 17.6 Å². The van der Waals surface area contributed by atoms with E-state index in [1.165, 1.54) is 6.20 Å². The molecule has 0 saturated carbocycles. The van der Waals surface area contributed by atoms with E-state index in [0.717, 1.165) is 0 Å². The minimum absolute atomic E-state index is 0.0219. The van der Waals surface area contributed by atoms with Gasteiger partial charge in [-0.1, -0.05) is 30.3 Å². The van der Waals surface area contributed by atoms with Gasteiger partial charge < -0.3 is 9.47 Å². The van der Waals surface area contributed by atoms with E-state index in [0.29, 0.717) is 5.56 Å². The van der Waals surface area contributed by atoms with Crippen LogP contribution < -0.4 is 0 Å². The molecule has 2 rings (SSSR count). The van der Waals surface area contributed by atoms with Crippen LogP contribution in [-0.2, 0) is 20.8 Å². The Kier molecular flexibility index (Phi) is 7.03. The van der Waals surface area contributed by atoms with Crippen LogP contribution >= 0.6 is 0 Å². The molecule has 0 aliphatic carbocycles. The van der Waals surface area contributed by atoms with Crippen molar-refractivity contribution in [3.05, 3.63) is 47.8 Å². The lowest BCUT2D eigenvalue weighted by molar-refractivity contribution is -0.378. The van der Waals surface area contributed by atoms with Gasteiger partial charge in [0.15, 0.2) is 5.82 Å². The average Bonchev–Trinajstić information content (AvgIpc) is 2.60. The molecule has 0 atom stereocenters. The lowest BCUT2D eigenvalue weighted by Gasteiger charge is -2.21. The van der Waals surface area contributed by atoms with Crippen molar-refractivity contribution in [2.75, 3.05) is 13.2 Å². The fourth-order valence-corrected chi connectivity index (χ4v) is 2.19. The molecule has 0 aliphatic heterocycles. The first kappa shape index (κ1) is 21.7. The first-order valence-corrected chi connectivity index (χ1v) is 8.23. The molecule has 0 bridgehead atoms. The number of alkyl halides is 4. The second-order valence-corrected chi connectivity index (χ2v) is 5.68. The largest absolute Gasteiger partial charge is 0.462 e. The molecule has 28 heavy (non-hydrogen) atoms. The number of carbonyl (C=O) groups is 1. The highest BCUT2D eigenvalue weighted by Crippen LogP contribution is 2.27. The summed E-state index contributed by atoms with van der Waals surface area (Å²) in [7, 11) is 0. The van der Waals surface area contributed by atoms with Crippen molar-refractivity contribution in [2.45, 2.75) is 32.7 Å². The van der Waals surface area contributed by atoms with Gasteiger partial charge in [0.05, 0.1) is 18.9 Å². The van der Waals surface area contributed by atoms with Gasteiger partial charge >= 0.3 is 18.2 Å². The molecule has 2 aromatic rings. The first-order chi connectivity index (χ1) is 13.1. The van der Waals surface area contributed by atoms with Gasteiger partial charge in [-0.2, -0.15) is 17.6 Å². The zero-order chi connectivity index (χ0) is 20.8. The summed E-state index contributed by atoms with van der Waals surface area (Å²) >= 11 is 0. The maximum absolute atomic E-state index is 13.4. The van der Waals surface area contributed by atoms with E-state index in [9.17, 15) is 22.4 Å². The van der Waals surface area contributed by atoms with Crippen LogP contribution in [0.2, 0.25) is 0 Å². The molecule has 1 aromatic heterocycles. The molecule has 0 radical (unpaired) electrons. The number of benzene rings is 1. The van der Waals surface area contributed by atoms with Crippen molar-refractivity contribution in [1.29, 1.82) is 0 Å². The second-order valence-electron chi connectivity index (χ2n) is 5.68. The molecule has 10 heteroatoms. The van der Waals surface area contributed by atoms with Crippen molar-refractivity contribution < 1.29 is 36.6 Å². The SMILES string of the molecule is CCOC(=O)c1cnc(-c2ccccc2)nc1COCC(F)(F)OC(C)(F)F. The molecule has 0 saturated heterocycles. The Balaban J connectivity index is 2.20. The number of ether oxygens (including phenoxy) is 3. The van der Waals surface area contributed by atoms with Crippen LogP contribution in [0.1, 0.15) is 29.9 Å². The summed E-state index contributed by atoms with van der Waals surface area (Å²) in [6.45, 7) is -0.155. The lowest BCUT2D eigenvalue weighted by atomic mass is 10.2. The van der Waals surface area contributed by atoms with Gasteiger partial charge in [0.25, 0.3) is 0 Å². The average molecular weight is 402 g/mol. The number of rotatable bonds is 9. The van der Waals surface area contributed by atoms with E-state index in [-0.39, 0.29) is 30.6 Å². The van der Waals surface area contributed by atoms with E-state index in [4.69, 9.17) is 9.47 Å². The maximum atomic E-state index is 13.4. The van der Waals surface area contributed by atoms with Gasteiger partial charge in [-0.15, -0.1) is 0 Å². The van der Waals surface area contributed by atoms with Gasteiger partial charge in [-0.25, -0.2) is 14.8 Å². The number of carbonyl (C=O) groups excluding carboxylic acids is 1.